The number of nitrogens with two attached hydrogens (primary N) is 1. The molecule has 0 saturated carbocycles. The van der Waals surface area contributed by atoms with Gasteiger partial charge < -0.3 is 10.5 Å². The zero-order valence-corrected chi connectivity index (χ0v) is 13.7. The standard InChI is InChI=1S/C15H18BrNOS/c1-9-4-5-10(2)13(6-9)18-15(11(3)17)14-7-12(16)8-19-14/h4-8,11,15H,17H2,1-3H3. The Morgan fingerprint density at radius 2 is 2.00 bits per heavy atom. The fourth-order valence-electron chi connectivity index (χ4n) is 1.87. The molecule has 0 spiro atoms. The van der Waals surface area contributed by atoms with Gasteiger partial charge >= 0.3 is 0 Å². The van der Waals surface area contributed by atoms with Crippen molar-refractivity contribution in [1.29, 1.82) is 0 Å². The van der Waals surface area contributed by atoms with E-state index in [9.17, 15) is 0 Å². The van der Waals surface area contributed by atoms with Crippen molar-refractivity contribution in [2.24, 2.45) is 5.73 Å². The minimum Gasteiger partial charge on any atom is -0.483 e. The molecule has 2 aromatic rings. The summed E-state index contributed by atoms with van der Waals surface area (Å²) >= 11 is 5.14. The molecule has 0 bridgehead atoms. The summed E-state index contributed by atoms with van der Waals surface area (Å²) < 4.78 is 7.22. The van der Waals surface area contributed by atoms with Crippen LogP contribution >= 0.6 is 27.3 Å². The highest BCUT2D eigenvalue weighted by molar-refractivity contribution is 9.10. The Labute approximate surface area is 126 Å². The van der Waals surface area contributed by atoms with Gasteiger partial charge in [0, 0.05) is 20.8 Å². The molecule has 2 atom stereocenters. The highest BCUT2D eigenvalue weighted by Crippen LogP contribution is 2.32. The molecule has 4 heteroatoms. The first-order valence-electron chi connectivity index (χ1n) is 6.21. The maximum absolute atomic E-state index is 6.15. The van der Waals surface area contributed by atoms with Gasteiger partial charge in [0.05, 0.1) is 0 Å². The number of halogens is 1. The molecule has 19 heavy (non-hydrogen) atoms. The zero-order valence-electron chi connectivity index (χ0n) is 11.3. The van der Waals surface area contributed by atoms with Gasteiger partial charge in [-0.05, 0) is 60.0 Å². The van der Waals surface area contributed by atoms with Gasteiger partial charge in [-0.15, -0.1) is 11.3 Å². The average molecular weight is 340 g/mol. The van der Waals surface area contributed by atoms with E-state index in [1.807, 2.05) is 6.92 Å². The number of ether oxygens (including phenoxy) is 1. The van der Waals surface area contributed by atoms with Gasteiger partial charge in [0.1, 0.15) is 11.9 Å². The normalized spacial score (nSPS) is 14.2. The molecule has 1 heterocycles. The number of aryl methyl sites for hydroxylation is 2. The smallest absolute Gasteiger partial charge is 0.148 e. The van der Waals surface area contributed by atoms with Crippen molar-refractivity contribution in [2.75, 3.05) is 0 Å². The van der Waals surface area contributed by atoms with E-state index in [1.165, 1.54) is 5.56 Å². The summed E-state index contributed by atoms with van der Waals surface area (Å²) in [6, 6.07) is 8.24. The maximum Gasteiger partial charge on any atom is 0.148 e. The van der Waals surface area contributed by atoms with E-state index < -0.39 is 0 Å². The van der Waals surface area contributed by atoms with Crippen LogP contribution in [0, 0.1) is 13.8 Å². The van der Waals surface area contributed by atoms with E-state index >= 15 is 0 Å². The number of hydrogen-bond donors (Lipinski definition) is 1. The highest BCUT2D eigenvalue weighted by atomic mass is 79.9. The molecule has 0 saturated heterocycles. The van der Waals surface area contributed by atoms with Crippen molar-refractivity contribution in [3.63, 3.8) is 0 Å². The number of hydrogen-bond acceptors (Lipinski definition) is 3. The topological polar surface area (TPSA) is 35.2 Å². The van der Waals surface area contributed by atoms with Crippen LogP contribution in [0.5, 0.6) is 5.75 Å². The summed E-state index contributed by atoms with van der Waals surface area (Å²) in [6.45, 7) is 6.09. The molecule has 0 fully saturated rings. The Kier molecular flexibility index (Phi) is 4.66. The number of rotatable bonds is 4. The predicted molar refractivity (Wildman–Crippen MR) is 85.0 cm³/mol. The van der Waals surface area contributed by atoms with Crippen LogP contribution < -0.4 is 10.5 Å². The Bertz CT molecular complexity index is 565. The molecule has 0 aliphatic carbocycles. The van der Waals surface area contributed by atoms with Crippen LogP contribution in [0.4, 0.5) is 0 Å². The van der Waals surface area contributed by atoms with Crippen LogP contribution in [0.1, 0.15) is 29.0 Å². The van der Waals surface area contributed by atoms with Crippen molar-refractivity contribution >= 4 is 27.3 Å². The predicted octanol–water partition coefficient (Wildman–Crippen LogP) is 4.59. The minimum absolute atomic E-state index is 0.0644. The van der Waals surface area contributed by atoms with Crippen molar-refractivity contribution < 1.29 is 4.74 Å². The van der Waals surface area contributed by atoms with Crippen molar-refractivity contribution in [1.82, 2.24) is 0 Å². The van der Waals surface area contributed by atoms with Gasteiger partial charge in [-0.25, -0.2) is 0 Å². The van der Waals surface area contributed by atoms with Crippen LogP contribution in [0.15, 0.2) is 34.1 Å². The molecule has 102 valence electrons. The third-order valence-electron chi connectivity index (χ3n) is 2.94. The number of benzene rings is 1. The van der Waals surface area contributed by atoms with Crippen molar-refractivity contribution in [2.45, 2.75) is 32.9 Å². The monoisotopic (exact) mass is 339 g/mol. The lowest BCUT2D eigenvalue weighted by molar-refractivity contribution is 0.183. The summed E-state index contributed by atoms with van der Waals surface area (Å²) in [4.78, 5) is 1.14. The SMILES string of the molecule is Cc1ccc(C)c(OC(c2cc(Br)cs2)C(C)N)c1. The number of thiophene rings is 1. The molecule has 1 aromatic carbocycles. The van der Waals surface area contributed by atoms with Gasteiger partial charge in [-0.1, -0.05) is 12.1 Å². The Morgan fingerprint density at radius 1 is 1.26 bits per heavy atom. The first kappa shape index (κ1) is 14.6. The van der Waals surface area contributed by atoms with Crippen LogP contribution in [-0.2, 0) is 0 Å². The molecule has 0 aliphatic heterocycles. The van der Waals surface area contributed by atoms with E-state index in [0.717, 1.165) is 20.7 Å². The Morgan fingerprint density at radius 3 is 2.58 bits per heavy atom. The second-order valence-electron chi connectivity index (χ2n) is 4.83. The summed E-state index contributed by atoms with van der Waals surface area (Å²) in [6.07, 6.45) is -0.114. The minimum atomic E-state index is -0.114. The van der Waals surface area contributed by atoms with E-state index in [4.69, 9.17) is 10.5 Å². The van der Waals surface area contributed by atoms with E-state index in [0.29, 0.717) is 0 Å². The van der Waals surface area contributed by atoms with Crippen molar-refractivity contribution in [3.05, 3.63) is 50.1 Å². The fourth-order valence-corrected chi connectivity index (χ4v) is 3.46. The highest BCUT2D eigenvalue weighted by Gasteiger charge is 2.21. The lowest BCUT2D eigenvalue weighted by atomic mass is 10.1. The van der Waals surface area contributed by atoms with E-state index in [-0.39, 0.29) is 12.1 Å². The molecule has 2 N–H and O–H groups in total. The molecule has 2 unspecified atom stereocenters. The first-order valence-corrected chi connectivity index (χ1v) is 7.88. The summed E-state index contributed by atoms with van der Waals surface area (Å²) in [5.74, 6) is 0.909. The van der Waals surface area contributed by atoms with E-state index in [2.05, 4.69) is 59.4 Å². The lowest BCUT2D eigenvalue weighted by Gasteiger charge is -2.22. The van der Waals surface area contributed by atoms with E-state index in [1.54, 1.807) is 11.3 Å². The molecule has 2 nitrogen and oxygen atoms in total. The molecule has 1 aromatic heterocycles. The quantitative estimate of drug-likeness (QED) is 0.883. The molecular formula is C15H18BrNOS. The maximum atomic E-state index is 6.15. The van der Waals surface area contributed by atoms with Gasteiger partial charge in [-0.3, -0.25) is 0 Å². The summed E-state index contributed by atoms with van der Waals surface area (Å²) in [7, 11) is 0. The lowest BCUT2D eigenvalue weighted by Crippen LogP contribution is -2.28. The van der Waals surface area contributed by atoms with Crippen LogP contribution in [0.25, 0.3) is 0 Å². The summed E-state index contributed by atoms with van der Waals surface area (Å²) in [5.41, 5.74) is 8.40. The third-order valence-corrected chi connectivity index (χ3v) is 4.70. The average Bonchev–Trinajstić information content (AvgIpc) is 2.76. The van der Waals surface area contributed by atoms with Crippen LogP contribution in [0.3, 0.4) is 0 Å². The van der Waals surface area contributed by atoms with Gasteiger partial charge in [-0.2, -0.15) is 0 Å². The molecule has 2 rings (SSSR count). The van der Waals surface area contributed by atoms with Gasteiger partial charge in [0.2, 0.25) is 0 Å². The molecular weight excluding hydrogens is 322 g/mol. The molecule has 0 radical (unpaired) electrons. The van der Waals surface area contributed by atoms with Gasteiger partial charge in [0.25, 0.3) is 0 Å². The molecule has 0 aliphatic rings. The van der Waals surface area contributed by atoms with Crippen molar-refractivity contribution in [3.8, 4) is 5.75 Å². The fraction of sp³-hybridized carbons (Fsp3) is 0.333. The summed E-state index contributed by atoms with van der Waals surface area (Å²) in [5, 5.41) is 2.05. The van der Waals surface area contributed by atoms with Crippen LogP contribution in [0.2, 0.25) is 0 Å². The van der Waals surface area contributed by atoms with Crippen LogP contribution in [-0.4, -0.2) is 6.04 Å². The molecule has 0 amide bonds. The Balaban J connectivity index is 2.29. The zero-order chi connectivity index (χ0) is 14.0. The Hall–Kier alpha value is -0.840. The second-order valence-corrected chi connectivity index (χ2v) is 6.69. The first-order chi connectivity index (χ1) is 8.97. The second kappa shape index (κ2) is 6.07. The third kappa shape index (κ3) is 3.59. The largest absolute Gasteiger partial charge is 0.483 e. The van der Waals surface area contributed by atoms with Gasteiger partial charge in [0.15, 0.2) is 0 Å².